The van der Waals surface area contributed by atoms with E-state index in [4.69, 9.17) is 16.7 Å². The Hall–Kier alpha value is -3.24. The highest BCUT2D eigenvalue weighted by molar-refractivity contribution is 6.30. The van der Waals surface area contributed by atoms with E-state index in [9.17, 15) is 14.9 Å². The number of benzene rings is 2. The van der Waals surface area contributed by atoms with E-state index in [-0.39, 0.29) is 5.91 Å². The van der Waals surface area contributed by atoms with Gasteiger partial charge in [-0.15, -0.1) is 0 Å². The van der Waals surface area contributed by atoms with E-state index in [0.29, 0.717) is 53.7 Å². The lowest BCUT2D eigenvalue weighted by atomic mass is 10.1. The van der Waals surface area contributed by atoms with E-state index in [1.54, 1.807) is 42.5 Å². The molecule has 0 saturated carbocycles. The molecule has 7 nitrogen and oxygen atoms in total. The van der Waals surface area contributed by atoms with Crippen LogP contribution in [0.3, 0.4) is 0 Å². The van der Waals surface area contributed by atoms with Crippen LogP contribution in [-0.2, 0) is 0 Å². The number of rotatable bonds is 3. The van der Waals surface area contributed by atoms with Crippen molar-refractivity contribution in [3.8, 4) is 6.07 Å². The summed E-state index contributed by atoms with van der Waals surface area (Å²) in [5, 5.41) is 22.0. The van der Waals surface area contributed by atoms with Gasteiger partial charge in [-0.25, -0.2) is 4.79 Å². The lowest BCUT2D eigenvalue weighted by molar-refractivity contribution is 0.102. The van der Waals surface area contributed by atoms with Gasteiger partial charge in [-0.2, -0.15) is 5.26 Å². The van der Waals surface area contributed by atoms with Crippen LogP contribution in [0.5, 0.6) is 0 Å². The predicted octanol–water partition coefficient (Wildman–Crippen LogP) is 3.26. The van der Waals surface area contributed by atoms with E-state index >= 15 is 0 Å². The van der Waals surface area contributed by atoms with Crippen LogP contribution in [0.25, 0.3) is 0 Å². The Morgan fingerprint density at radius 2 is 1.74 bits per heavy atom. The summed E-state index contributed by atoms with van der Waals surface area (Å²) >= 11 is 5.84. The molecule has 0 radical (unpaired) electrons. The summed E-state index contributed by atoms with van der Waals surface area (Å²) in [5.74, 6) is -0.337. The minimum Gasteiger partial charge on any atom is -0.465 e. The number of carbonyl (C=O) groups is 2. The van der Waals surface area contributed by atoms with Crippen molar-refractivity contribution in [2.45, 2.75) is 0 Å². The maximum atomic E-state index is 12.4. The lowest BCUT2D eigenvalue weighted by Gasteiger charge is -2.35. The normalized spacial score (nSPS) is 13.8. The van der Waals surface area contributed by atoms with Crippen LogP contribution in [0.1, 0.15) is 15.9 Å². The van der Waals surface area contributed by atoms with Gasteiger partial charge in [-0.1, -0.05) is 17.7 Å². The van der Waals surface area contributed by atoms with Gasteiger partial charge < -0.3 is 20.2 Å². The number of hydrogen-bond donors (Lipinski definition) is 2. The first-order valence-corrected chi connectivity index (χ1v) is 8.70. The fraction of sp³-hybridized carbons (Fsp3) is 0.211. The highest BCUT2D eigenvalue weighted by Crippen LogP contribution is 2.28. The maximum absolute atomic E-state index is 12.4. The van der Waals surface area contributed by atoms with Gasteiger partial charge in [0.2, 0.25) is 0 Å². The zero-order valence-electron chi connectivity index (χ0n) is 14.4. The van der Waals surface area contributed by atoms with Crippen LogP contribution < -0.4 is 10.2 Å². The first-order chi connectivity index (χ1) is 13.0. The quantitative estimate of drug-likeness (QED) is 0.846. The number of nitriles is 1. The molecular weight excluding hydrogens is 368 g/mol. The maximum Gasteiger partial charge on any atom is 0.407 e. The number of carbonyl (C=O) groups excluding carboxylic acids is 1. The Morgan fingerprint density at radius 3 is 2.33 bits per heavy atom. The number of halogens is 1. The molecule has 1 aliphatic heterocycles. The summed E-state index contributed by atoms with van der Waals surface area (Å²) < 4.78 is 0. The minimum absolute atomic E-state index is 0.337. The van der Waals surface area contributed by atoms with Gasteiger partial charge in [0.25, 0.3) is 5.91 Å². The molecule has 27 heavy (non-hydrogen) atoms. The van der Waals surface area contributed by atoms with Crippen LogP contribution in [0.15, 0.2) is 42.5 Å². The van der Waals surface area contributed by atoms with E-state index < -0.39 is 6.09 Å². The Morgan fingerprint density at radius 1 is 1.07 bits per heavy atom. The second kappa shape index (κ2) is 7.98. The third-order valence-corrected chi connectivity index (χ3v) is 4.65. The first kappa shape index (κ1) is 18.5. The van der Waals surface area contributed by atoms with Crippen molar-refractivity contribution < 1.29 is 14.7 Å². The molecule has 8 heteroatoms. The van der Waals surface area contributed by atoms with Crippen LogP contribution in [0.4, 0.5) is 16.2 Å². The largest absolute Gasteiger partial charge is 0.465 e. The van der Waals surface area contributed by atoms with Crippen molar-refractivity contribution in [1.82, 2.24) is 4.90 Å². The lowest BCUT2D eigenvalue weighted by Crippen LogP contribution is -2.48. The van der Waals surface area contributed by atoms with Crippen molar-refractivity contribution in [3.05, 3.63) is 58.6 Å². The summed E-state index contributed by atoms with van der Waals surface area (Å²) in [4.78, 5) is 26.8. The second-order valence-electron chi connectivity index (χ2n) is 6.03. The van der Waals surface area contributed by atoms with Crippen molar-refractivity contribution in [2.24, 2.45) is 0 Å². The average molecular weight is 385 g/mol. The Labute approximate surface area is 161 Å². The van der Waals surface area contributed by atoms with Crippen LogP contribution in [0, 0.1) is 11.3 Å². The van der Waals surface area contributed by atoms with Gasteiger partial charge in [0, 0.05) is 36.8 Å². The summed E-state index contributed by atoms with van der Waals surface area (Å²) in [6.45, 7) is 1.69. The van der Waals surface area contributed by atoms with Crippen molar-refractivity contribution in [2.75, 3.05) is 36.4 Å². The third kappa shape index (κ3) is 4.13. The molecule has 2 amide bonds. The molecule has 0 bridgehead atoms. The van der Waals surface area contributed by atoms with E-state index in [2.05, 4.69) is 11.4 Å². The molecule has 1 heterocycles. The minimum atomic E-state index is -0.945. The molecule has 0 aromatic heterocycles. The van der Waals surface area contributed by atoms with E-state index in [1.807, 2.05) is 4.90 Å². The molecule has 0 aliphatic carbocycles. The molecule has 2 N–H and O–H groups in total. The van der Waals surface area contributed by atoms with Gasteiger partial charge in [0.15, 0.2) is 0 Å². The molecule has 0 atom stereocenters. The molecule has 1 aliphatic rings. The number of anilines is 2. The topological polar surface area (TPSA) is 96.7 Å². The molecule has 2 aromatic rings. The number of nitrogens with zero attached hydrogens (tertiary/aromatic N) is 3. The number of amides is 2. The van der Waals surface area contributed by atoms with Gasteiger partial charge in [0.05, 0.1) is 16.9 Å². The third-order valence-electron chi connectivity index (χ3n) is 4.40. The van der Waals surface area contributed by atoms with Crippen LogP contribution in [0.2, 0.25) is 5.02 Å². The smallest absolute Gasteiger partial charge is 0.407 e. The average Bonchev–Trinajstić information content (AvgIpc) is 2.68. The number of carboxylic acid groups (broad SMARTS) is 1. The molecule has 1 saturated heterocycles. The molecule has 3 rings (SSSR count). The number of piperazine rings is 1. The molecule has 0 unspecified atom stereocenters. The highest BCUT2D eigenvalue weighted by Gasteiger charge is 2.23. The van der Waals surface area contributed by atoms with Gasteiger partial charge >= 0.3 is 6.09 Å². The van der Waals surface area contributed by atoms with Gasteiger partial charge in [-0.3, -0.25) is 4.79 Å². The summed E-state index contributed by atoms with van der Waals surface area (Å²) in [5.41, 5.74) is 1.87. The Bertz CT molecular complexity index is 900. The monoisotopic (exact) mass is 384 g/mol. The molecule has 138 valence electrons. The Kier molecular flexibility index (Phi) is 5.48. The van der Waals surface area contributed by atoms with E-state index in [1.165, 1.54) is 4.90 Å². The summed E-state index contributed by atoms with van der Waals surface area (Å²) in [6, 6.07) is 13.9. The first-order valence-electron chi connectivity index (χ1n) is 8.32. The standard InChI is InChI=1S/C19H17ClN4O3/c20-14-6-4-13(5-7-14)18(25)22-16-2-1-3-17(15(16)12-21)23-8-10-24(11-9-23)19(26)27/h1-7H,8-11H2,(H,22,25)(H,26,27). The summed E-state index contributed by atoms with van der Waals surface area (Å²) in [7, 11) is 0. The van der Waals surface area contributed by atoms with Crippen molar-refractivity contribution >= 4 is 35.0 Å². The molecule has 2 aromatic carbocycles. The van der Waals surface area contributed by atoms with Crippen molar-refractivity contribution in [1.29, 1.82) is 5.26 Å². The zero-order chi connectivity index (χ0) is 19.4. The SMILES string of the molecule is N#Cc1c(NC(=O)c2ccc(Cl)cc2)cccc1N1CCN(C(=O)O)CC1. The van der Waals surface area contributed by atoms with Crippen LogP contribution in [-0.4, -0.2) is 48.2 Å². The molecule has 1 fully saturated rings. The zero-order valence-corrected chi connectivity index (χ0v) is 15.1. The highest BCUT2D eigenvalue weighted by atomic mass is 35.5. The molecular formula is C19H17ClN4O3. The molecule has 0 spiro atoms. The fourth-order valence-corrected chi connectivity index (χ4v) is 3.09. The second-order valence-corrected chi connectivity index (χ2v) is 6.47. The van der Waals surface area contributed by atoms with Crippen molar-refractivity contribution in [3.63, 3.8) is 0 Å². The van der Waals surface area contributed by atoms with E-state index in [0.717, 1.165) is 0 Å². The van der Waals surface area contributed by atoms with Gasteiger partial charge in [-0.05, 0) is 36.4 Å². The van der Waals surface area contributed by atoms with Gasteiger partial charge in [0.1, 0.15) is 6.07 Å². The van der Waals surface area contributed by atoms with Crippen LogP contribution >= 0.6 is 11.6 Å². The number of nitrogens with one attached hydrogen (secondary N) is 1. The summed E-state index contributed by atoms with van der Waals surface area (Å²) in [6.07, 6.45) is -0.945. The predicted molar refractivity (Wildman–Crippen MR) is 102 cm³/mol. The fourth-order valence-electron chi connectivity index (χ4n) is 2.96. The number of hydrogen-bond acceptors (Lipinski definition) is 4. The Balaban J connectivity index is 1.81.